The molecule has 0 aromatic heterocycles. The number of hydrogen-bond donors (Lipinski definition) is 1. The molecule has 2 aromatic rings. The summed E-state index contributed by atoms with van der Waals surface area (Å²) in [6.07, 6.45) is 0. The van der Waals surface area contributed by atoms with Crippen molar-refractivity contribution in [2.45, 2.75) is 32.3 Å². The van der Waals surface area contributed by atoms with Gasteiger partial charge in [0.15, 0.2) is 11.6 Å². The largest absolute Gasteiger partial charge is 0.382 e. The van der Waals surface area contributed by atoms with Gasteiger partial charge < -0.3 is 5.11 Å². The highest BCUT2D eigenvalue weighted by Gasteiger charge is 2.25. The van der Waals surface area contributed by atoms with Gasteiger partial charge in [-0.25, -0.2) is 0 Å². The minimum absolute atomic E-state index is 0.00783. The van der Waals surface area contributed by atoms with E-state index in [0.717, 1.165) is 5.56 Å². The Morgan fingerprint density at radius 2 is 1.41 bits per heavy atom. The second kappa shape index (κ2) is 6.24. The standard InChI is InChI=1S/C19H20O3/c1-13(14-7-5-4-6-8-14)17(20)15-9-11-16(12-10-15)18(21)19(2,3)22/h4-13,22H,1-3H3. The quantitative estimate of drug-likeness (QED) is 0.857. The van der Waals surface area contributed by atoms with Gasteiger partial charge in [-0.15, -0.1) is 0 Å². The van der Waals surface area contributed by atoms with Crippen molar-refractivity contribution in [3.8, 4) is 0 Å². The summed E-state index contributed by atoms with van der Waals surface area (Å²) in [5.74, 6) is -0.590. The van der Waals surface area contributed by atoms with Gasteiger partial charge in [0.05, 0.1) is 0 Å². The van der Waals surface area contributed by atoms with Gasteiger partial charge >= 0.3 is 0 Å². The van der Waals surface area contributed by atoms with Crippen LogP contribution in [0.5, 0.6) is 0 Å². The molecule has 0 radical (unpaired) electrons. The predicted molar refractivity (Wildman–Crippen MR) is 86.3 cm³/mol. The summed E-state index contributed by atoms with van der Waals surface area (Å²) in [7, 11) is 0. The van der Waals surface area contributed by atoms with Crippen LogP contribution in [-0.2, 0) is 0 Å². The van der Waals surface area contributed by atoms with Gasteiger partial charge in [-0.1, -0.05) is 61.5 Å². The minimum atomic E-state index is -1.41. The average molecular weight is 296 g/mol. The van der Waals surface area contributed by atoms with Crippen LogP contribution >= 0.6 is 0 Å². The summed E-state index contributed by atoms with van der Waals surface area (Å²) < 4.78 is 0. The normalized spacial score (nSPS) is 12.7. The highest BCUT2D eigenvalue weighted by atomic mass is 16.3. The molecule has 114 valence electrons. The van der Waals surface area contributed by atoms with Gasteiger partial charge in [0.1, 0.15) is 5.60 Å². The zero-order chi connectivity index (χ0) is 16.3. The van der Waals surface area contributed by atoms with Crippen LogP contribution in [0.3, 0.4) is 0 Å². The average Bonchev–Trinajstić information content (AvgIpc) is 2.53. The predicted octanol–water partition coefficient (Wildman–Crippen LogP) is 3.63. The number of benzene rings is 2. The van der Waals surface area contributed by atoms with Crippen LogP contribution in [0.15, 0.2) is 54.6 Å². The van der Waals surface area contributed by atoms with Gasteiger partial charge in [0, 0.05) is 17.0 Å². The maximum atomic E-state index is 12.5. The van der Waals surface area contributed by atoms with Gasteiger partial charge in [0.2, 0.25) is 0 Å². The van der Waals surface area contributed by atoms with Crippen molar-refractivity contribution < 1.29 is 14.7 Å². The molecule has 0 amide bonds. The lowest BCUT2D eigenvalue weighted by Crippen LogP contribution is -2.31. The molecular formula is C19H20O3. The lowest BCUT2D eigenvalue weighted by atomic mass is 9.90. The number of carbonyl (C=O) groups excluding carboxylic acids is 2. The zero-order valence-electron chi connectivity index (χ0n) is 13.0. The Hall–Kier alpha value is -2.26. The van der Waals surface area contributed by atoms with Crippen LogP contribution in [0.25, 0.3) is 0 Å². The van der Waals surface area contributed by atoms with E-state index in [2.05, 4.69) is 0 Å². The van der Waals surface area contributed by atoms with Crippen LogP contribution in [0.1, 0.15) is 53.0 Å². The SMILES string of the molecule is CC(C(=O)c1ccc(C(=O)C(C)(C)O)cc1)c1ccccc1. The van der Waals surface area contributed by atoms with Crippen molar-refractivity contribution in [3.63, 3.8) is 0 Å². The molecule has 1 unspecified atom stereocenters. The molecule has 0 saturated heterocycles. The van der Waals surface area contributed by atoms with Crippen LogP contribution < -0.4 is 0 Å². The first-order valence-electron chi connectivity index (χ1n) is 7.27. The molecule has 0 saturated carbocycles. The molecule has 0 aliphatic heterocycles. The number of carbonyl (C=O) groups is 2. The Kier molecular flexibility index (Phi) is 4.57. The number of hydrogen-bond acceptors (Lipinski definition) is 3. The molecule has 0 fully saturated rings. The van der Waals surface area contributed by atoms with E-state index in [-0.39, 0.29) is 17.5 Å². The lowest BCUT2D eigenvalue weighted by Gasteiger charge is -2.16. The molecule has 2 rings (SSSR count). The molecule has 3 heteroatoms. The molecule has 0 bridgehead atoms. The molecule has 0 aliphatic carbocycles. The number of ketones is 2. The van der Waals surface area contributed by atoms with Crippen molar-refractivity contribution in [1.82, 2.24) is 0 Å². The minimum Gasteiger partial charge on any atom is -0.382 e. The van der Waals surface area contributed by atoms with E-state index in [1.807, 2.05) is 37.3 Å². The number of aliphatic hydroxyl groups is 1. The summed E-state index contributed by atoms with van der Waals surface area (Å²) >= 11 is 0. The monoisotopic (exact) mass is 296 g/mol. The molecule has 0 spiro atoms. The van der Waals surface area contributed by atoms with E-state index >= 15 is 0 Å². The van der Waals surface area contributed by atoms with Gasteiger partial charge in [0.25, 0.3) is 0 Å². The van der Waals surface area contributed by atoms with E-state index in [1.54, 1.807) is 24.3 Å². The molecule has 0 aliphatic rings. The Bertz CT molecular complexity index is 664. The first kappa shape index (κ1) is 16.1. The summed E-state index contributed by atoms with van der Waals surface area (Å²) in [6, 6.07) is 16.0. The summed E-state index contributed by atoms with van der Waals surface area (Å²) in [6.45, 7) is 4.77. The van der Waals surface area contributed by atoms with Crippen molar-refractivity contribution in [1.29, 1.82) is 0 Å². The summed E-state index contributed by atoms with van der Waals surface area (Å²) in [5.41, 5.74) is 0.507. The van der Waals surface area contributed by atoms with E-state index in [0.29, 0.717) is 11.1 Å². The molecule has 3 nitrogen and oxygen atoms in total. The van der Waals surface area contributed by atoms with E-state index in [1.165, 1.54) is 13.8 Å². The third-order valence-electron chi connectivity index (χ3n) is 3.68. The fraction of sp³-hybridized carbons (Fsp3) is 0.263. The van der Waals surface area contributed by atoms with Gasteiger partial charge in [-0.3, -0.25) is 9.59 Å². The fourth-order valence-corrected chi connectivity index (χ4v) is 2.28. The van der Waals surface area contributed by atoms with E-state index in [9.17, 15) is 14.7 Å². The highest BCUT2D eigenvalue weighted by Crippen LogP contribution is 2.21. The molecular weight excluding hydrogens is 276 g/mol. The maximum Gasteiger partial charge on any atom is 0.193 e. The van der Waals surface area contributed by atoms with Gasteiger partial charge in [-0.05, 0) is 19.4 Å². The lowest BCUT2D eigenvalue weighted by molar-refractivity contribution is 0.0488. The molecule has 2 aromatic carbocycles. The number of Topliss-reactive ketones (excluding diaryl/α,β-unsaturated/α-hetero) is 2. The van der Waals surface area contributed by atoms with Crippen molar-refractivity contribution in [2.75, 3.05) is 0 Å². The van der Waals surface area contributed by atoms with Crippen LogP contribution in [0.4, 0.5) is 0 Å². The van der Waals surface area contributed by atoms with Crippen molar-refractivity contribution in [3.05, 3.63) is 71.3 Å². The summed E-state index contributed by atoms with van der Waals surface area (Å²) in [5, 5.41) is 9.74. The first-order chi connectivity index (χ1) is 10.3. The molecule has 1 atom stereocenters. The second-order valence-electron chi connectivity index (χ2n) is 5.96. The van der Waals surface area contributed by atoms with Crippen LogP contribution in [0, 0.1) is 0 Å². The van der Waals surface area contributed by atoms with Crippen molar-refractivity contribution in [2.24, 2.45) is 0 Å². The van der Waals surface area contributed by atoms with Crippen molar-refractivity contribution >= 4 is 11.6 Å². The van der Waals surface area contributed by atoms with Crippen LogP contribution in [0.2, 0.25) is 0 Å². The maximum absolute atomic E-state index is 12.5. The summed E-state index contributed by atoms with van der Waals surface area (Å²) in [4.78, 5) is 24.5. The topological polar surface area (TPSA) is 54.4 Å². The molecule has 22 heavy (non-hydrogen) atoms. The Morgan fingerprint density at radius 1 is 0.909 bits per heavy atom. The first-order valence-corrected chi connectivity index (χ1v) is 7.27. The van der Waals surface area contributed by atoms with E-state index in [4.69, 9.17) is 0 Å². The van der Waals surface area contributed by atoms with Gasteiger partial charge in [-0.2, -0.15) is 0 Å². The Labute approximate surface area is 130 Å². The van der Waals surface area contributed by atoms with Crippen LogP contribution in [-0.4, -0.2) is 22.3 Å². The molecule has 1 N–H and O–H groups in total. The third-order valence-corrected chi connectivity index (χ3v) is 3.68. The second-order valence-corrected chi connectivity index (χ2v) is 5.96. The Balaban J connectivity index is 2.20. The molecule has 0 heterocycles. The van der Waals surface area contributed by atoms with E-state index < -0.39 is 5.60 Å². The fourth-order valence-electron chi connectivity index (χ4n) is 2.28. The number of rotatable bonds is 5. The third kappa shape index (κ3) is 3.49. The smallest absolute Gasteiger partial charge is 0.193 e. The zero-order valence-corrected chi connectivity index (χ0v) is 13.0. The highest BCUT2D eigenvalue weighted by molar-refractivity contribution is 6.04. The Morgan fingerprint density at radius 3 is 1.91 bits per heavy atom.